The Morgan fingerprint density at radius 1 is 1.33 bits per heavy atom. The summed E-state index contributed by atoms with van der Waals surface area (Å²) in [6, 6.07) is 0. The summed E-state index contributed by atoms with van der Waals surface area (Å²) in [5.74, 6) is 0.523. The van der Waals surface area contributed by atoms with Crippen molar-refractivity contribution in [3.05, 3.63) is 38.9 Å². The molecule has 2 heterocycles. The lowest BCUT2D eigenvalue weighted by Gasteiger charge is -2.11. The van der Waals surface area contributed by atoms with E-state index in [-0.39, 0.29) is 0 Å². The number of aromatic amines is 2. The van der Waals surface area contributed by atoms with Crippen LogP contribution in [-0.2, 0) is 9.30 Å². The van der Waals surface area contributed by atoms with Crippen LogP contribution in [0.4, 0.5) is 0 Å². The molecule has 0 spiro atoms. The molecule has 0 aliphatic carbocycles. The van der Waals surface area contributed by atoms with Gasteiger partial charge in [0.15, 0.2) is 0 Å². The zero-order chi connectivity index (χ0) is 15.8. The number of aliphatic hydroxyl groups excluding tert-OH is 2. The first-order valence-electron chi connectivity index (χ1n) is 5.69. The summed E-state index contributed by atoms with van der Waals surface area (Å²) < 4.78 is 16.6. The Bertz CT molecular complexity index is 705. The largest absolute Gasteiger partial charge is 0.387 e. The first-order chi connectivity index (χ1) is 9.69. The molecule has 1 aliphatic rings. The van der Waals surface area contributed by atoms with Crippen LogP contribution in [0.3, 0.4) is 0 Å². The van der Waals surface area contributed by atoms with Gasteiger partial charge < -0.3 is 24.7 Å². The zero-order valence-corrected chi connectivity index (χ0v) is 11.3. The van der Waals surface area contributed by atoms with Crippen LogP contribution in [-0.4, -0.2) is 48.0 Å². The van der Waals surface area contributed by atoms with Gasteiger partial charge in [-0.25, -0.2) is 4.79 Å². The van der Waals surface area contributed by atoms with E-state index in [9.17, 15) is 24.4 Å². The molecule has 0 amide bonds. The number of H-pyrrole nitrogens is 2. The summed E-state index contributed by atoms with van der Waals surface area (Å²) in [5.41, 5.74) is -1.60. The van der Waals surface area contributed by atoms with Gasteiger partial charge in [0.2, 0.25) is 6.23 Å². The number of hydrogen-bond donors (Lipinski definition) is 5. The molecule has 116 valence electrons. The van der Waals surface area contributed by atoms with Gasteiger partial charge in [-0.3, -0.25) is 14.3 Å². The predicted molar refractivity (Wildman–Crippen MR) is 65.0 cm³/mol. The van der Waals surface area contributed by atoms with Gasteiger partial charge in [-0.15, -0.1) is 5.10 Å². The van der Waals surface area contributed by atoms with Crippen LogP contribution < -0.4 is 16.3 Å². The molecule has 1 saturated heterocycles. The van der Waals surface area contributed by atoms with Crippen molar-refractivity contribution >= 4 is 7.60 Å². The molecule has 6 N–H and O–H groups in total. The Morgan fingerprint density at radius 2 is 2.00 bits per heavy atom. The van der Waals surface area contributed by atoms with Crippen LogP contribution in [0, 0.1) is 0 Å². The van der Waals surface area contributed by atoms with Gasteiger partial charge in [-0.1, -0.05) is 4.68 Å². The third-order valence-corrected chi connectivity index (χ3v) is 3.34. The average molecular weight is 322 g/mol. The summed E-state index contributed by atoms with van der Waals surface area (Å²) in [6.07, 6.45) is -3.84. The highest BCUT2D eigenvalue weighted by Gasteiger charge is 2.45. The quantitative estimate of drug-likeness (QED) is 0.359. The molecule has 21 heavy (non-hydrogen) atoms. The molecule has 0 aromatic carbocycles. The van der Waals surface area contributed by atoms with Gasteiger partial charge in [0.05, 0.1) is 0 Å². The molecular formula is C9H13N3O8P+. The molecule has 1 aromatic rings. The third kappa shape index (κ3) is 3.53. The van der Waals surface area contributed by atoms with E-state index >= 15 is 0 Å². The second kappa shape index (κ2) is 5.64. The Hall–Kier alpha value is -1.62. The van der Waals surface area contributed by atoms with E-state index < -0.39 is 43.4 Å². The van der Waals surface area contributed by atoms with Crippen LogP contribution in [0.25, 0.3) is 0 Å². The second-order valence-corrected chi connectivity index (χ2v) is 5.82. The zero-order valence-electron chi connectivity index (χ0n) is 10.4. The Labute approximate surface area is 116 Å². The van der Waals surface area contributed by atoms with E-state index in [0.29, 0.717) is 5.82 Å². The molecule has 0 bridgehead atoms. The third-order valence-electron chi connectivity index (χ3n) is 2.78. The molecule has 0 radical (unpaired) electrons. The van der Waals surface area contributed by atoms with Crippen LogP contribution in [0.15, 0.2) is 27.7 Å². The standard InChI is InChI=1S/C9H12N3O8P/c13-5-3-10-12(9(16)11-5)8-7(15)6(14)4(20-8)1-2-21(17,18)19/h1-4,6-8,14-15H,(H,11,13,16)(H2,17,18,19)/p+1/b2-1+/t4-,6-,7-,8-/m1/s1. The van der Waals surface area contributed by atoms with Crippen LogP contribution in [0.1, 0.15) is 6.23 Å². The lowest BCUT2D eigenvalue weighted by molar-refractivity contribution is -0.519. The molecule has 2 rings (SSSR count). The fraction of sp³-hybridized carbons (Fsp3) is 0.444. The first kappa shape index (κ1) is 15.8. The lowest BCUT2D eigenvalue weighted by Crippen LogP contribution is -2.47. The Morgan fingerprint density at radius 3 is 2.57 bits per heavy atom. The van der Waals surface area contributed by atoms with Gasteiger partial charge in [0.25, 0.3) is 6.20 Å². The number of nitrogens with zero attached hydrogens (tertiary/aromatic N) is 1. The Balaban J connectivity index is 2.28. The van der Waals surface area contributed by atoms with Gasteiger partial charge in [0.1, 0.15) is 18.3 Å². The van der Waals surface area contributed by atoms with Crippen molar-refractivity contribution in [2.45, 2.75) is 24.5 Å². The van der Waals surface area contributed by atoms with Crippen molar-refractivity contribution in [2.75, 3.05) is 0 Å². The molecule has 0 saturated carbocycles. The Kier molecular flexibility index (Phi) is 4.23. The minimum atomic E-state index is -4.45. The van der Waals surface area contributed by atoms with Crippen molar-refractivity contribution < 1.29 is 34.4 Å². The summed E-state index contributed by atoms with van der Waals surface area (Å²) in [5, 5.41) is 21.9. The fourth-order valence-electron chi connectivity index (χ4n) is 1.83. The van der Waals surface area contributed by atoms with E-state index in [1.54, 1.807) is 0 Å². The highest BCUT2D eigenvalue weighted by Crippen LogP contribution is 2.37. The summed E-state index contributed by atoms with van der Waals surface area (Å²) in [7, 11) is -4.45. The minimum Gasteiger partial charge on any atom is -0.387 e. The summed E-state index contributed by atoms with van der Waals surface area (Å²) >= 11 is 0. The molecule has 0 unspecified atom stereocenters. The first-order valence-corrected chi connectivity index (χ1v) is 7.37. The molecule has 4 atom stereocenters. The highest BCUT2D eigenvalue weighted by molar-refractivity contribution is 7.55. The van der Waals surface area contributed by atoms with Gasteiger partial charge >= 0.3 is 18.8 Å². The molecule has 11 nitrogen and oxygen atoms in total. The van der Waals surface area contributed by atoms with Crippen molar-refractivity contribution in [1.29, 1.82) is 0 Å². The van der Waals surface area contributed by atoms with Crippen molar-refractivity contribution in [3.8, 4) is 0 Å². The minimum absolute atomic E-state index is 0.523. The smallest absolute Gasteiger partial charge is 0.379 e. The number of aliphatic hydroxyl groups is 2. The summed E-state index contributed by atoms with van der Waals surface area (Å²) in [6.45, 7) is 0. The summed E-state index contributed by atoms with van der Waals surface area (Å²) in [4.78, 5) is 41.8. The average Bonchev–Trinajstić information content (AvgIpc) is 2.64. The highest BCUT2D eigenvalue weighted by atomic mass is 31.2. The van der Waals surface area contributed by atoms with E-state index in [2.05, 4.69) is 5.10 Å². The van der Waals surface area contributed by atoms with E-state index in [0.717, 1.165) is 17.0 Å². The van der Waals surface area contributed by atoms with Crippen LogP contribution in [0.5, 0.6) is 0 Å². The number of aromatic nitrogens is 3. The maximum atomic E-state index is 11.6. The van der Waals surface area contributed by atoms with Crippen molar-refractivity contribution in [1.82, 2.24) is 9.67 Å². The topological polar surface area (TPSA) is 176 Å². The maximum absolute atomic E-state index is 11.6. The monoisotopic (exact) mass is 322 g/mol. The number of rotatable bonds is 3. The van der Waals surface area contributed by atoms with Crippen LogP contribution in [0.2, 0.25) is 0 Å². The number of ether oxygens (including phenoxy) is 1. The SMILES string of the molecule is O=c1c[nH+]n([C@@H]2O[C@H](/C=C/P(=O)(O)O)[C@@H](O)[C@H]2O)c(=O)[nH]1. The predicted octanol–water partition coefficient (Wildman–Crippen LogP) is -3.34. The molecule has 1 aliphatic heterocycles. The van der Waals surface area contributed by atoms with Gasteiger partial charge in [-0.05, 0) is 6.08 Å². The van der Waals surface area contributed by atoms with E-state index in [4.69, 9.17) is 14.5 Å². The van der Waals surface area contributed by atoms with E-state index in [1.165, 1.54) is 0 Å². The van der Waals surface area contributed by atoms with E-state index in [1.807, 2.05) is 4.98 Å². The van der Waals surface area contributed by atoms with Crippen molar-refractivity contribution in [2.24, 2.45) is 0 Å². The fourth-order valence-corrected chi connectivity index (χ4v) is 2.23. The molecule has 1 aromatic heterocycles. The molecule has 1 fully saturated rings. The number of hydrogen-bond acceptors (Lipinski definition) is 6. The normalized spacial score (nSPS) is 30.1. The van der Waals surface area contributed by atoms with Gasteiger partial charge in [-0.2, -0.15) is 0 Å². The van der Waals surface area contributed by atoms with Gasteiger partial charge in [0, 0.05) is 5.82 Å². The van der Waals surface area contributed by atoms with Crippen LogP contribution >= 0.6 is 7.60 Å². The maximum Gasteiger partial charge on any atom is 0.379 e. The van der Waals surface area contributed by atoms with Crippen molar-refractivity contribution in [3.63, 3.8) is 0 Å². The molecule has 12 heteroatoms. The molecular weight excluding hydrogens is 309 g/mol. The number of nitrogens with one attached hydrogen (secondary N) is 2. The second-order valence-electron chi connectivity index (χ2n) is 4.34. The lowest BCUT2D eigenvalue weighted by atomic mass is 10.1.